The molecule has 2 aliphatic rings. The molecular formula is C23H32O3. The number of ether oxygens (including phenoxy) is 1. The van der Waals surface area contributed by atoms with Crippen LogP contribution in [0, 0.1) is 22.7 Å². The lowest BCUT2D eigenvalue weighted by molar-refractivity contribution is -0.131. The molecule has 2 aliphatic carbocycles. The molecule has 0 aliphatic heterocycles. The van der Waals surface area contributed by atoms with Crippen molar-refractivity contribution in [2.75, 3.05) is 0 Å². The monoisotopic (exact) mass is 356 g/mol. The van der Waals surface area contributed by atoms with Crippen molar-refractivity contribution >= 4 is 5.97 Å². The first-order valence-electron chi connectivity index (χ1n) is 9.84. The molecule has 0 saturated heterocycles. The summed E-state index contributed by atoms with van der Waals surface area (Å²) in [4.78, 5) is 11.3. The van der Waals surface area contributed by atoms with Gasteiger partial charge in [0.05, 0.1) is 0 Å². The molecule has 3 rings (SSSR count). The van der Waals surface area contributed by atoms with Gasteiger partial charge in [-0.1, -0.05) is 32.4 Å². The summed E-state index contributed by atoms with van der Waals surface area (Å²) in [6.45, 7) is 10.9. The van der Waals surface area contributed by atoms with Gasteiger partial charge in [-0.25, -0.2) is 0 Å². The van der Waals surface area contributed by atoms with E-state index in [0.29, 0.717) is 23.3 Å². The first-order valence-corrected chi connectivity index (χ1v) is 9.84. The number of fused-ring (bicyclic) bond motifs is 1. The van der Waals surface area contributed by atoms with Gasteiger partial charge >= 0.3 is 5.97 Å². The number of allylic oxidation sites excluding steroid dienone is 2. The Labute approximate surface area is 157 Å². The number of carbonyl (C=O) groups excluding carboxylic acids is 1. The Bertz CT molecular complexity index is 735. The van der Waals surface area contributed by atoms with Crippen LogP contribution in [-0.4, -0.2) is 11.1 Å². The smallest absolute Gasteiger partial charge is 0.308 e. The third-order valence-corrected chi connectivity index (χ3v) is 7.48. The number of aromatic hydroxyl groups is 1. The predicted octanol–water partition coefficient (Wildman–Crippen LogP) is 5.66. The Morgan fingerprint density at radius 3 is 2.73 bits per heavy atom. The molecule has 4 atom stereocenters. The lowest BCUT2D eigenvalue weighted by Crippen LogP contribution is -2.50. The summed E-state index contributed by atoms with van der Waals surface area (Å²) in [6, 6.07) is 5.15. The molecule has 1 fully saturated rings. The van der Waals surface area contributed by atoms with E-state index in [1.807, 2.05) is 6.07 Å². The van der Waals surface area contributed by atoms with Crippen LogP contribution in [-0.2, 0) is 11.2 Å². The molecule has 1 aromatic carbocycles. The Kier molecular flexibility index (Phi) is 4.94. The largest absolute Gasteiger partial charge is 0.508 e. The Hall–Kier alpha value is -1.77. The third kappa shape index (κ3) is 3.17. The quantitative estimate of drug-likeness (QED) is 0.432. The van der Waals surface area contributed by atoms with Crippen molar-refractivity contribution in [3.8, 4) is 11.5 Å². The van der Waals surface area contributed by atoms with Gasteiger partial charge in [-0.2, -0.15) is 0 Å². The van der Waals surface area contributed by atoms with Crippen molar-refractivity contribution in [2.45, 2.75) is 66.7 Å². The van der Waals surface area contributed by atoms with E-state index in [2.05, 4.69) is 33.8 Å². The van der Waals surface area contributed by atoms with Crippen LogP contribution in [0.5, 0.6) is 11.5 Å². The molecule has 0 spiro atoms. The van der Waals surface area contributed by atoms with E-state index < -0.39 is 0 Å². The molecule has 3 heteroatoms. The minimum atomic E-state index is -0.334. The van der Waals surface area contributed by atoms with Gasteiger partial charge in [0.15, 0.2) is 0 Å². The summed E-state index contributed by atoms with van der Waals surface area (Å²) in [7, 11) is 0. The van der Waals surface area contributed by atoms with Gasteiger partial charge in [0, 0.05) is 6.92 Å². The fraction of sp³-hybridized carbons (Fsp3) is 0.609. The van der Waals surface area contributed by atoms with E-state index in [1.54, 1.807) is 12.1 Å². The second-order valence-corrected chi connectivity index (χ2v) is 8.94. The van der Waals surface area contributed by atoms with Gasteiger partial charge in [0.1, 0.15) is 11.5 Å². The van der Waals surface area contributed by atoms with Gasteiger partial charge in [-0.05, 0) is 85.5 Å². The molecule has 26 heavy (non-hydrogen) atoms. The summed E-state index contributed by atoms with van der Waals surface area (Å²) in [5, 5.41) is 10.5. The Balaban J connectivity index is 1.97. The maximum absolute atomic E-state index is 11.3. The maximum Gasteiger partial charge on any atom is 0.308 e. The number of rotatable bonds is 3. The van der Waals surface area contributed by atoms with Crippen LogP contribution < -0.4 is 4.74 Å². The van der Waals surface area contributed by atoms with E-state index in [-0.39, 0.29) is 16.8 Å². The average Bonchev–Trinajstić information content (AvgIpc) is 2.56. The van der Waals surface area contributed by atoms with Crippen molar-refractivity contribution in [1.29, 1.82) is 0 Å². The zero-order valence-electron chi connectivity index (χ0n) is 16.8. The van der Waals surface area contributed by atoms with E-state index in [1.165, 1.54) is 31.8 Å². The highest BCUT2D eigenvalue weighted by atomic mass is 16.5. The SMILES string of the molecule is CC(=O)Oc1ccc(O)c(C[C@]2(C)[C@H](C)CC[C@@]3(C)C(C)=CCC[C@H]23)c1. The minimum Gasteiger partial charge on any atom is -0.508 e. The number of hydrogen-bond donors (Lipinski definition) is 1. The van der Waals surface area contributed by atoms with Crippen LogP contribution in [0.25, 0.3) is 0 Å². The standard InChI is InChI=1S/C23H32O3/c1-15-7-6-8-21-22(15,4)12-11-16(2)23(21,5)14-18-13-19(26-17(3)24)9-10-20(18)25/h7,9-10,13,16,21,25H,6,8,11-12,14H2,1-5H3/t16-,21+,22+,23-/m1/s1. The molecule has 1 N–H and O–H groups in total. The van der Waals surface area contributed by atoms with Crippen LogP contribution in [0.2, 0.25) is 0 Å². The van der Waals surface area contributed by atoms with Crippen LogP contribution in [0.4, 0.5) is 0 Å². The van der Waals surface area contributed by atoms with E-state index in [4.69, 9.17) is 4.74 Å². The highest BCUT2D eigenvalue weighted by Crippen LogP contribution is 2.61. The number of phenolic OH excluding ortho intramolecular Hbond substituents is 1. The molecule has 0 radical (unpaired) electrons. The number of carbonyl (C=O) groups is 1. The fourth-order valence-corrected chi connectivity index (χ4v) is 5.55. The molecular weight excluding hydrogens is 324 g/mol. The van der Waals surface area contributed by atoms with Crippen molar-refractivity contribution in [1.82, 2.24) is 0 Å². The molecule has 142 valence electrons. The van der Waals surface area contributed by atoms with Gasteiger partial charge in [0.2, 0.25) is 0 Å². The van der Waals surface area contributed by atoms with E-state index in [0.717, 1.165) is 18.4 Å². The second kappa shape index (κ2) is 6.75. The molecule has 1 aromatic rings. The maximum atomic E-state index is 11.3. The summed E-state index contributed by atoms with van der Waals surface area (Å²) in [5.74, 6) is 1.66. The zero-order valence-corrected chi connectivity index (χ0v) is 16.8. The van der Waals surface area contributed by atoms with Crippen molar-refractivity contribution in [3.05, 3.63) is 35.4 Å². The van der Waals surface area contributed by atoms with Gasteiger partial charge < -0.3 is 9.84 Å². The Morgan fingerprint density at radius 1 is 1.31 bits per heavy atom. The van der Waals surface area contributed by atoms with Crippen molar-refractivity contribution < 1.29 is 14.6 Å². The molecule has 0 bridgehead atoms. The number of phenols is 1. The number of benzene rings is 1. The van der Waals surface area contributed by atoms with Crippen molar-refractivity contribution in [3.63, 3.8) is 0 Å². The topological polar surface area (TPSA) is 46.5 Å². The minimum absolute atomic E-state index is 0.106. The highest BCUT2D eigenvalue weighted by Gasteiger charge is 2.53. The van der Waals surface area contributed by atoms with Crippen LogP contribution >= 0.6 is 0 Å². The first kappa shape index (κ1) is 19.0. The number of hydrogen-bond acceptors (Lipinski definition) is 3. The third-order valence-electron chi connectivity index (χ3n) is 7.48. The fourth-order valence-electron chi connectivity index (χ4n) is 5.55. The Morgan fingerprint density at radius 2 is 2.04 bits per heavy atom. The van der Waals surface area contributed by atoms with Crippen LogP contribution in [0.15, 0.2) is 29.8 Å². The molecule has 1 saturated carbocycles. The molecule has 0 amide bonds. The molecule has 0 aromatic heterocycles. The van der Waals surface area contributed by atoms with Crippen LogP contribution in [0.3, 0.4) is 0 Å². The zero-order chi connectivity index (χ0) is 19.1. The van der Waals surface area contributed by atoms with Crippen LogP contribution in [0.1, 0.15) is 65.9 Å². The lowest BCUT2D eigenvalue weighted by atomic mass is 9.47. The summed E-state index contributed by atoms with van der Waals surface area (Å²) >= 11 is 0. The normalized spacial score (nSPS) is 34.0. The van der Waals surface area contributed by atoms with Gasteiger partial charge in [-0.15, -0.1) is 0 Å². The van der Waals surface area contributed by atoms with E-state index >= 15 is 0 Å². The highest BCUT2D eigenvalue weighted by molar-refractivity contribution is 5.69. The van der Waals surface area contributed by atoms with Gasteiger partial charge in [0.25, 0.3) is 0 Å². The summed E-state index contributed by atoms with van der Waals surface area (Å²) in [5.41, 5.74) is 2.77. The lowest BCUT2D eigenvalue weighted by Gasteiger charge is -2.58. The molecule has 0 unspecified atom stereocenters. The van der Waals surface area contributed by atoms with Gasteiger partial charge in [-0.3, -0.25) is 4.79 Å². The summed E-state index contributed by atoms with van der Waals surface area (Å²) < 4.78 is 5.24. The molecule has 0 heterocycles. The van der Waals surface area contributed by atoms with E-state index in [9.17, 15) is 9.90 Å². The van der Waals surface area contributed by atoms with Crippen molar-refractivity contribution in [2.24, 2.45) is 22.7 Å². The molecule has 3 nitrogen and oxygen atoms in total. The number of esters is 1. The predicted molar refractivity (Wildman–Crippen MR) is 104 cm³/mol. The summed E-state index contributed by atoms with van der Waals surface area (Å²) in [6.07, 6.45) is 8.04. The second-order valence-electron chi connectivity index (χ2n) is 8.94. The first-order chi connectivity index (χ1) is 12.2. The average molecular weight is 357 g/mol.